The van der Waals surface area contributed by atoms with E-state index in [4.69, 9.17) is 5.73 Å². The zero-order valence-electron chi connectivity index (χ0n) is 24.2. The molecular weight excluding hydrogens is 485 g/mol. The lowest BCUT2D eigenvalue weighted by Gasteiger charge is -2.26. The quantitative estimate of drug-likeness (QED) is 0.0594. The van der Waals surface area contributed by atoms with Gasteiger partial charge in [-0.2, -0.15) is 0 Å². The molecule has 0 radical (unpaired) electrons. The van der Waals surface area contributed by atoms with Crippen molar-refractivity contribution in [1.29, 1.82) is 0 Å². The number of carbonyl (C=O) groups is 2. The van der Waals surface area contributed by atoms with Crippen LogP contribution >= 0.6 is 8.03 Å². The largest absolute Gasteiger partial charge is 0.593 e. The lowest BCUT2D eigenvalue weighted by atomic mass is 9.85. The molecule has 37 heavy (non-hydrogen) atoms. The fourth-order valence-electron chi connectivity index (χ4n) is 4.92. The van der Waals surface area contributed by atoms with Gasteiger partial charge in [-0.25, -0.2) is 0 Å². The highest BCUT2D eigenvalue weighted by atomic mass is 31.1. The Balaban J connectivity index is 4.25. The lowest BCUT2D eigenvalue weighted by molar-refractivity contribution is -0.176. The van der Waals surface area contributed by atoms with Crippen LogP contribution in [-0.2, 0) is 14.2 Å². The van der Waals surface area contributed by atoms with E-state index in [-0.39, 0.29) is 12.8 Å². The normalized spacial score (nSPS) is 13.1. The molecule has 0 bridgehead atoms. The van der Waals surface area contributed by atoms with Crippen LogP contribution in [0.25, 0.3) is 0 Å². The Morgan fingerprint density at radius 2 is 0.865 bits per heavy atom. The number of hydrogen-bond acceptors (Lipinski definition) is 6. The summed E-state index contributed by atoms with van der Waals surface area (Å²) < 4.78 is 11.5. The first-order valence-electron chi connectivity index (χ1n) is 15.5. The Bertz CT molecular complexity index is 561. The second-order valence-electron chi connectivity index (χ2n) is 10.9. The third-order valence-corrected chi connectivity index (χ3v) is 8.35. The maximum atomic E-state index is 12.8. The molecule has 2 atom stereocenters. The first kappa shape index (κ1) is 36.3. The van der Waals surface area contributed by atoms with Crippen molar-refractivity contribution >= 4 is 19.6 Å². The Morgan fingerprint density at radius 1 is 0.622 bits per heavy atom. The summed E-state index contributed by atoms with van der Waals surface area (Å²) in [5, 5.41) is 10.2. The fraction of sp³-hybridized carbons (Fsp3) is 0.933. The highest BCUT2D eigenvalue weighted by Gasteiger charge is 2.53. The first-order chi connectivity index (χ1) is 17.8. The number of Topliss-reactive ketones (excluding diaryl/α,β-unsaturated/α-hetero) is 2. The molecule has 0 aliphatic heterocycles. The molecule has 0 amide bonds. The molecule has 0 aliphatic rings. The van der Waals surface area contributed by atoms with Gasteiger partial charge in [-0.05, 0) is 12.8 Å². The van der Waals surface area contributed by atoms with E-state index >= 15 is 0 Å². The summed E-state index contributed by atoms with van der Waals surface area (Å²) in [6.45, 7) is 4.44. The van der Waals surface area contributed by atoms with Gasteiger partial charge >= 0.3 is 8.03 Å². The average Bonchev–Trinajstić information content (AvgIpc) is 2.88. The van der Waals surface area contributed by atoms with Gasteiger partial charge in [0, 0.05) is 12.8 Å². The van der Waals surface area contributed by atoms with Crippen LogP contribution in [0.1, 0.15) is 168 Å². The third-order valence-electron chi connectivity index (χ3n) is 7.54. The van der Waals surface area contributed by atoms with E-state index in [0.717, 1.165) is 38.5 Å². The number of unbranched alkanes of at least 4 members (excludes halogenated alkanes) is 20. The fourth-order valence-corrected chi connectivity index (χ4v) is 5.54. The molecule has 0 fully saturated rings. The van der Waals surface area contributed by atoms with Crippen LogP contribution in [0.5, 0.6) is 0 Å². The van der Waals surface area contributed by atoms with Crippen molar-refractivity contribution in [3.05, 3.63) is 0 Å². The molecule has 0 saturated heterocycles. The smallest absolute Gasteiger partial charge is 0.344 e. The Hall–Kier alpha value is -0.680. The van der Waals surface area contributed by atoms with Gasteiger partial charge in [-0.15, -0.1) is 0 Å². The maximum absolute atomic E-state index is 12.8. The third kappa shape index (κ3) is 17.5. The number of nitrogens with two attached hydrogens (primary N) is 1. The predicted octanol–water partition coefficient (Wildman–Crippen LogP) is 7.65. The van der Waals surface area contributed by atoms with Crippen LogP contribution < -0.4 is 10.6 Å². The molecule has 0 rings (SSSR count). The molecule has 7 heteroatoms. The summed E-state index contributed by atoms with van der Waals surface area (Å²) in [7, 11) is -3.39. The van der Waals surface area contributed by atoms with Crippen molar-refractivity contribution in [2.24, 2.45) is 5.73 Å². The zero-order valence-corrected chi connectivity index (χ0v) is 25.0. The van der Waals surface area contributed by atoms with Crippen LogP contribution in [0, 0.1) is 0 Å². The van der Waals surface area contributed by atoms with Crippen molar-refractivity contribution in [3.8, 4) is 0 Å². The number of aliphatic hydroxyl groups excluding tert-OH is 1. The molecule has 2 unspecified atom stereocenters. The molecular formula is C30H58NO5P. The predicted molar refractivity (Wildman–Crippen MR) is 153 cm³/mol. The second kappa shape index (κ2) is 24.4. The highest BCUT2D eigenvalue weighted by molar-refractivity contribution is 7.37. The van der Waals surface area contributed by atoms with Gasteiger partial charge in [0.25, 0.3) is 5.85 Å². The molecule has 0 aromatic rings. The maximum Gasteiger partial charge on any atom is 0.344 e. The standard InChI is InChI=1S/C30H58NO5P/c1-3-5-7-9-11-13-15-17-19-21-23-25-27(32)30(31,29(34)37(35)36)28(33)26-24-22-20-18-16-14-12-10-8-6-4-2/h29,34H,3-26,31H2,1-2H3. The van der Waals surface area contributed by atoms with E-state index in [1.807, 2.05) is 0 Å². The summed E-state index contributed by atoms with van der Waals surface area (Å²) in [5.74, 6) is -3.46. The molecule has 218 valence electrons. The summed E-state index contributed by atoms with van der Waals surface area (Å²) in [6, 6.07) is 0. The molecule has 0 saturated carbocycles. The number of hydrogen-bond donors (Lipinski definition) is 2. The molecule has 0 spiro atoms. The summed E-state index contributed by atoms with van der Waals surface area (Å²) >= 11 is 0. The zero-order chi connectivity index (χ0) is 27.8. The van der Waals surface area contributed by atoms with E-state index in [2.05, 4.69) is 13.8 Å². The van der Waals surface area contributed by atoms with E-state index in [1.165, 1.54) is 89.9 Å². The number of ketones is 2. The van der Waals surface area contributed by atoms with Crippen LogP contribution in [0.15, 0.2) is 0 Å². The van der Waals surface area contributed by atoms with E-state index < -0.39 is 31.0 Å². The van der Waals surface area contributed by atoms with E-state index in [0.29, 0.717) is 12.8 Å². The summed E-state index contributed by atoms with van der Waals surface area (Å²) in [6.07, 6.45) is 24.9. The molecule has 6 nitrogen and oxygen atoms in total. The van der Waals surface area contributed by atoms with Crippen molar-refractivity contribution in [3.63, 3.8) is 0 Å². The first-order valence-corrected chi connectivity index (χ1v) is 16.7. The second-order valence-corrected chi connectivity index (χ2v) is 12.0. The number of carbonyl (C=O) groups excluding carboxylic acids is 2. The average molecular weight is 544 g/mol. The Morgan fingerprint density at radius 3 is 1.11 bits per heavy atom. The Kier molecular flexibility index (Phi) is 23.9. The van der Waals surface area contributed by atoms with Gasteiger partial charge < -0.3 is 15.7 Å². The van der Waals surface area contributed by atoms with Gasteiger partial charge in [0.05, 0.1) is 0 Å². The van der Waals surface area contributed by atoms with Gasteiger partial charge in [0.2, 0.25) is 5.54 Å². The lowest BCUT2D eigenvalue weighted by Crippen LogP contribution is -2.62. The topological polar surface area (TPSA) is 121 Å². The van der Waals surface area contributed by atoms with Crippen molar-refractivity contribution in [2.45, 2.75) is 179 Å². The van der Waals surface area contributed by atoms with E-state index in [1.54, 1.807) is 0 Å². The van der Waals surface area contributed by atoms with Crippen LogP contribution in [0.2, 0.25) is 0 Å². The van der Waals surface area contributed by atoms with Crippen LogP contribution in [0.4, 0.5) is 0 Å². The molecule has 0 aromatic heterocycles. The number of rotatable bonds is 28. The highest BCUT2D eigenvalue weighted by Crippen LogP contribution is 2.30. The van der Waals surface area contributed by atoms with Crippen LogP contribution in [-0.4, -0.2) is 28.1 Å². The van der Waals surface area contributed by atoms with Crippen molar-refractivity contribution in [2.75, 3.05) is 0 Å². The van der Waals surface area contributed by atoms with Gasteiger partial charge in [0.1, 0.15) is 0 Å². The molecule has 3 N–H and O–H groups in total. The van der Waals surface area contributed by atoms with Gasteiger partial charge in [0.15, 0.2) is 11.6 Å². The Labute approximate surface area is 228 Å². The van der Waals surface area contributed by atoms with Gasteiger partial charge in [-0.1, -0.05) is 147 Å². The number of aliphatic hydroxyl groups is 1. The summed E-state index contributed by atoms with van der Waals surface area (Å²) in [4.78, 5) is 37.2. The van der Waals surface area contributed by atoms with Gasteiger partial charge in [-0.3, -0.25) is 9.59 Å². The van der Waals surface area contributed by atoms with Crippen molar-refractivity contribution < 1.29 is 24.2 Å². The molecule has 0 aromatic carbocycles. The molecule has 0 heterocycles. The SMILES string of the molecule is CCCCCCCCCCCCCC(=O)C(N)(C(=O)CCCCCCCCCCCCC)C(O)[P+](=O)[O-]. The minimum Gasteiger partial charge on any atom is -0.593 e. The minimum atomic E-state index is -3.39. The van der Waals surface area contributed by atoms with Crippen LogP contribution in [0.3, 0.4) is 0 Å². The monoisotopic (exact) mass is 543 g/mol. The molecule has 0 aliphatic carbocycles. The summed E-state index contributed by atoms with van der Waals surface area (Å²) in [5.41, 5.74) is 3.72. The van der Waals surface area contributed by atoms with E-state index in [9.17, 15) is 24.2 Å². The van der Waals surface area contributed by atoms with Crippen molar-refractivity contribution in [1.82, 2.24) is 0 Å². The minimum absolute atomic E-state index is 0.0255.